The number of ether oxygens (including phenoxy) is 1. The van der Waals surface area contributed by atoms with Gasteiger partial charge in [0, 0.05) is 13.1 Å². The topological polar surface area (TPSA) is 77.2 Å². The van der Waals surface area contributed by atoms with Crippen molar-refractivity contribution in [2.45, 2.75) is 45.8 Å². The standard InChI is InChI=1S/C14H23N3O2/c1-3-4-5-8-16-14(18)11(2)19-13-7-6-12(9-15)17-10-13/h6-7,10-11H,3-5,8-9,15H2,1-2H3,(H,16,18). The van der Waals surface area contributed by atoms with Gasteiger partial charge >= 0.3 is 0 Å². The van der Waals surface area contributed by atoms with Crippen molar-refractivity contribution in [3.05, 3.63) is 24.0 Å². The lowest BCUT2D eigenvalue weighted by atomic mass is 10.2. The molecule has 0 saturated heterocycles. The largest absolute Gasteiger partial charge is 0.479 e. The van der Waals surface area contributed by atoms with Crippen LogP contribution in [0.25, 0.3) is 0 Å². The molecule has 0 aromatic carbocycles. The Morgan fingerprint density at radius 1 is 1.47 bits per heavy atom. The van der Waals surface area contributed by atoms with Crippen LogP contribution >= 0.6 is 0 Å². The number of rotatable bonds is 8. The predicted molar refractivity (Wildman–Crippen MR) is 74.8 cm³/mol. The van der Waals surface area contributed by atoms with Crippen molar-refractivity contribution < 1.29 is 9.53 Å². The minimum atomic E-state index is -0.521. The highest BCUT2D eigenvalue weighted by Gasteiger charge is 2.13. The molecule has 3 N–H and O–H groups in total. The van der Waals surface area contributed by atoms with E-state index in [-0.39, 0.29) is 5.91 Å². The van der Waals surface area contributed by atoms with Gasteiger partial charge in [0.25, 0.3) is 5.91 Å². The lowest BCUT2D eigenvalue weighted by Gasteiger charge is -2.14. The molecule has 1 aromatic heterocycles. The van der Waals surface area contributed by atoms with Crippen molar-refractivity contribution in [3.63, 3.8) is 0 Å². The Kier molecular flexibility index (Phi) is 6.89. The van der Waals surface area contributed by atoms with Gasteiger partial charge in [0.2, 0.25) is 0 Å². The third kappa shape index (κ3) is 5.70. The second-order valence-electron chi connectivity index (χ2n) is 4.45. The summed E-state index contributed by atoms with van der Waals surface area (Å²) in [5.41, 5.74) is 6.26. The molecule has 0 bridgehead atoms. The molecule has 0 spiro atoms. The Balaban J connectivity index is 2.35. The van der Waals surface area contributed by atoms with Gasteiger partial charge in [-0.3, -0.25) is 9.78 Å². The fourth-order valence-corrected chi connectivity index (χ4v) is 1.59. The van der Waals surface area contributed by atoms with Gasteiger partial charge in [-0.1, -0.05) is 19.8 Å². The van der Waals surface area contributed by atoms with E-state index >= 15 is 0 Å². The molecule has 1 amide bonds. The second-order valence-corrected chi connectivity index (χ2v) is 4.45. The number of nitrogens with zero attached hydrogens (tertiary/aromatic N) is 1. The van der Waals surface area contributed by atoms with E-state index < -0.39 is 6.10 Å². The number of carbonyl (C=O) groups is 1. The molecule has 1 rings (SSSR count). The van der Waals surface area contributed by atoms with E-state index in [1.54, 1.807) is 25.3 Å². The molecule has 106 valence electrons. The lowest BCUT2D eigenvalue weighted by Crippen LogP contribution is -2.36. The van der Waals surface area contributed by atoms with Crippen molar-refractivity contribution in [1.82, 2.24) is 10.3 Å². The minimum Gasteiger partial charge on any atom is -0.479 e. The zero-order chi connectivity index (χ0) is 14.1. The molecular formula is C14H23N3O2. The highest BCUT2D eigenvalue weighted by molar-refractivity contribution is 5.80. The van der Waals surface area contributed by atoms with E-state index in [9.17, 15) is 4.79 Å². The highest BCUT2D eigenvalue weighted by atomic mass is 16.5. The van der Waals surface area contributed by atoms with Crippen molar-refractivity contribution in [2.24, 2.45) is 5.73 Å². The van der Waals surface area contributed by atoms with Crippen LogP contribution in [-0.4, -0.2) is 23.5 Å². The van der Waals surface area contributed by atoms with E-state index in [1.807, 2.05) is 0 Å². The smallest absolute Gasteiger partial charge is 0.260 e. The van der Waals surface area contributed by atoms with Crippen molar-refractivity contribution in [2.75, 3.05) is 6.54 Å². The maximum atomic E-state index is 11.8. The summed E-state index contributed by atoms with van der Waals surface area (Å²) >= 11 is 0. The first-order valence-electron chi connectivity index (χ1n) is 6.76. The van der Waals surface area contributed by atoms with Crippen LogP contribution < -0.4 is 15.8 Å². The van der Waals surface area contributed by atoms with Gasteiger partial charge in [0.15, 0.2) is 6.10 Å². The van der Waals surface area contributed by atoms with E-state index in [1.165, 1.54) is 0 Å². The molecule has 0 aliphatic rings. The number of amides is 1. The summed E-state index contributed by atoms with van der Waals surface area (Å²) in [7, 11) is 0. The summed E-state index contributed by atoms with van der Waals surface area (Å²) in [6.45, 7) is 4.95. The molecule has 0 radical (unpaired) electrons. The van der Waals surface area contributed by atoms with Crippen molar-refractivity contribution in [1.29, 1.82) is 0 Å². The molecular weight excluding hydrogens is 242 g/mol. The maximum absolute atomic E-state index is 11.8. The average molecular weight is 265 g/mol. The summed E-state index contributed by atoms with van der Waals surface area (Å²) in [6.07, 6.45) is 4.33. The van der Waals surface area contributed by atoms with Gasteiger partial charge in [0.1, 0.15) is 5.75 Å². The zero-order valence-corrected chi connectivity index (χ0v) is 11.7. The molecule has 1 aromatic rings. The van der Waals surface area contributed by atoms with Crippen LogP contribution in [0.2, 0.25) is 0 Å². The molecule has 5 heteroatoms. The van der Waals surface area contributed by atoms with Crippen molar-refractivity contribution in [3.8, 4) is 5.75 Å². The van der Waals surface area contributed by atoms with Gasteiger partial charge in [-0.05, 0) is 25.5 Å². The fraction of sp³-hybridized carbons (Fsp3) is 0.571. The Bertz CT molecular complexity index is 379. The Labute approximate surface area is 114 Å². The van der Waals surface area contributed by atoms with Crippen LogP contribution in [0.1, 0.15) is 38.8 Å². The molecule has 1 heterocycles. The van der Waals surface area contributed by atoms with E-state index in [0.717, 1.165) is 25.0 Å². The third-order valence-corrected chi connectivity index (χ3v) is 2.77. The molecule has 0 fully saturated rings. The molecule has 0 aliphatic carbocycles. The van der Waals surface area contributed by atoms with Gasteiger partial charge in [-0.25, -0.2) is 0 Å². The molecule has 0 aliphatic heterocycles. The molecule has 5 nitrogen and oxygen atoms in total. The Morgan fingerprint density at radius 3 is 2.84 bits per heavy atom. The first-order chi connectivity index (χ1) is 9.17. The minimum absolute atomic E-state index is 0.0981. The number of hydrogen-bond donors (Lipinski definition) is 2. The first-order valence-corrected chi connectivity index (χ1v) is 6.76. The fourth-order valence-electron chi connectivity index (χ4n) is 1.59. The molecule has 0 saturated carbocycles. The number of unbranched alkanes of at least 4 members (excludes halogenated alkanes) is 2. The Morgan fingerprint density at radius 2 is 2.26 bits per heavy atom. The van der Waals surface area contributed by atoms with Crippen LogP contribution in [0.15, 0.2) is 18.3 Å². The molecule has 1 atom stereocenters. The molecule has 19 heavy (non-hydrogen) atoms. The van der Waals surface area contributed by atoms with Gasteiger partial charge in [-0.15, -0.1) is 0 Å². The number of pyridine rings is 1. The van der Waals surface area contributed by atoms with Crippen LogP contribution in [0.5, 0.6) is 5.75 Å². The van der Waals surface area contributed by atoms with Crippen LogP contribution in [0.4, 0.5) is 0 Å². The van der Waals surface area contributed by atoms with E-state index in [4.69, 9.17) is 10.5 Å². The Hall–Kier alpha value is -1.62. The summed E-state index contributed by atoms with van der Waals surface area (Å²) in [5, 5.41) is 2.86. The maximum Gasteiger partial charge on any atom is 0.260 e. The van der Waals surface area contributed by atoms with E-state index in [0.29, 0.717) is 18.8 Å². The number of aromatic nitrogens is 1. The highest BCUT2D eigenvalue weighted by Crippen LogP contribution is 2.11. The number of hydrogen-bond acceptors (Lipinski definition) is 4. The van der Waals surface area contributed by atoms with Gasteiger partial charge < -0.3 is 15.8 Å². The summed E-state index contributed by atoms with van der Waals surface area (Å²) in [6, 6.07) is 3.57. The van der Waals surface area contributed by atoms with Crippen LogP contribution in [0, 0.1) is 0 Å². The third-order valence-electron chi connectivity index (χ3n) is 2.77. The second kappa shape index (κ2) is 8.48. The van der Waals surface area contributed by atoms with Crippen LogP contribution in [0.3, 0.4) is 0 Å². The summed E-state index contributed by atoms with van der Waals surface area (Å²) in [5.74, 6) is 0.479. The van der Waals surface area contributed by atoms with E-state index in [2.05, 4.69) is 17.2 Å². The lowest BCUT2D eigenvalue weighted by molar-refractivity contribution is -0.127. The monoisotopic (exact) mass is 265 g/mol. The van der Waals surface area contributed by atoms with Gasteiger partial charge in [-0.2, -0.15) is 0 Å². The van der Waals surface area contributed by atoms with Crippen molar-refractivity contribution >= 4 is 5.91 Å². The average Bonchev–Trinajstić information content (AvgIpc) is 2.44. The number of nitrogens with one attached hydrogen (secondary N) is 1. The summed E-state index contributed by atoms with van der Waals surface area (Å²) < 4.78 is 5.52. The zero-order valence-electron chi connectivity index (χ0n) is 11.7. The molecule has 1 unspecified atom stereocenters. The summed E-state index contributed by atoms with van der Waals surface area (Å²) in [4.78, 5) is 15.9. The quantitative estimate of drug-likeness (QED) is 0.700. The normalized spacial score (nSPS) is 11.9. The SMILES string of the molecule is CCCCCNC(=O)C(C)Oc1ccc(CN)nc1. The number of carbonyl (C=O) groups excluding carboxylic acids is 1. The predicted octanol–water partition coefficient (Wildman–Crippen LogP) is 1.61. The first kappa shape index (κ1) is 15.4. The van der Waals surface area contributed by atoms with Crippen LogP contribution in [-0.2, 0) is 11.3 Å². The number of nitrogens with two attached hydrogens (primary N) is 1. The van der Waals surface area contributed by atoms with Gasteiger partial charge in [0.05, 0.1) is 11.9 Å².